The molecule has 0 aliphatic heterocycles. The number of amides is 1. The van der Waals surface area contributed by atoms with Gasteiger partial charge in [0.2, 0.25) is 5.91 Å². The number of hydrogen-bond donors (Lipinski definition) is 3. The third kappa shape index (κ3) is 3.96. The summed E-state index contributed by atoms with van der Waals surface area (Å²) in [6, 6.07) is 14.9. The highest BCUT2D eigenvalue weighted by molar-refractivity contribution is 5.93. The summed E-state index contributed by atoms with van der Waals surface area (Å²) in [5.41, 5.74) is 4.04. The topological polar surface area (TPSA) is 94.8 Å². The number of aromatic nitrogens is 2. The van der Waals surface area contributed by atoms with E-state index in [0.717, 1.165) is 21.9 Å². The molecule has 0 saturated heterocycles. The number of aryl methyl sites for hydroxylation is 3. The number of fused-ring (bicyclic) bond motifs is 2. The Morgan fingerprint density at radius 1 is 0.862 bits per heavy atom. The van der Waals surface area contributed by atoms with Gasteiger partial charge in [-0.2, -0.15) is 0 Å². The summed E-state index contributed by atoms with van der Waals surface area (Å²) >= 11 is 0. The molecule has 146 valence electrons. The highest BCUT2D eigenvalue weighted by atomic mass is 16.1. The van der Waals surface area contributed by atoms with Crippen LogP contribution in [0.1, 0.15) is 23.1 Å². The van der Waals surface area contributed by atoms with E-state index in [0.29, 0.717) is 28.8 Å². The molecule has 2 aromatic carbocycles. The minimum atomic E-state index is -0.192. The van der Waals surface area contributed by atoms with Crippen LogP contribution in [0.25, 0.3) is 21.8 Å². The zero-order chi connectivity index (χ0) is 20.5. The molecule has 6 nitrogen and oxygen atoms in total. The van der Waals surface area contributed by atoms with E-state index in [2.05, 4.69) is 15.3 Å². The van der Waals surface area contributed by atoms with E-state index in [4.69, 9.17) is 0 Å². The number of pyridine rings is 2. The smallest absolute Gasteiger partial charge is 0.251 e. The van der Waals surface area contributed by atoms with Crippen LogP contribution in [0.5, 0.6) is 0 Å². The Morgan fingerprint density at radius 2 is 1.55 bits per heavy atom. The quantitative estimate of drug-likeness (QED) is 0.500. The SMILES string of the molecule is Cc1ccc2cc(CCC(=O)Nc3ccc4cc(C)c(=O)[nH]c4c3)c(=O)[nH]c2c1. The molecule has 1 amide bonds. The predicted octanol–water partition coefficient (Wildman–Crippen LogP) is 3.56. The van der Waals surface area contributed by atoms with E-state index in [1.165, 1.54) is 0 Å². The summed E-state index contributed by atoms with van der Waals surface area (Å²) in [5, 5.41) is 4.67. The van der Waals surface area contributed by atoms with Gasteiger partial charge in [-0.3, -0.25) is 14.4 Å². The van der Waals surface area contributed by atoms with E-state index in [9.17, 15) is 14.4 Å². The molecule has 0 spiro atoms. The van der Waals surface area contributed by atoms with Gasteiger partial charge in [-0.15, -0.1) is 0 Å². The van der Waals surface area contributed by atoms with Crippen molar-refractivity contribution in [3.8, 4) is 0 Å². The molecule has 29 heavy (non-hydrogen) atoms. The highest BCUT2D eigenvalue weighted by Crippen LogP contribution is 2.18. The van der Waals surface area contributed by atoms with E-state index < -0.39 is 0 Å². The molecule has 0 radical (unpaired) electrons. The van der Waals surface area contributed by atoms with Crippen LogP contribution in [0.2, 0.25) is 0 Å². The Labute approximate surface area is 166 Å². The minimum Gasteiger partial charge on any atom is -0.326 e. The Bertz CT molecular complexity index is 1370. The normalized spacial score (nSPS) is 11.1. The van der Waals surface area contributed by atoms with E-state index in [1.807, 2.05) is 43.3 Å². The van der Waals surface area contributed by atoms with Crippen LogP contribution >= 0.6 is 0 Å². The molecule has 0 atom stereocenters. The first-order valence-electron chi connectivity index (χ1n) is 9.45. The number of rotatable bonds is 4. The third-order valence-corrected chi connectivity index (χ3v) is 5.02. The lowest BCUT2D eigenvalue weighted by atomic mass is 10.1. The van der Waals surface area contributed by atoms with Gasteiger partial charge in [0, 0.05) is 28.8 Å². The predicted molar refractivity (Wildman–Crippen MR) is 116 cm³/mol. The number of aromatic amines is 2. The molecule has 4 rings (SSSR count). The molecule has 2 heterocycles. The van der Waals surface area contributed by atoms with Crippen molar-refractivity contribution in [2.75, 3.05) is 5.32 Å². The Morgan fingerprint density at radius 3 is 2.38 bits per heavy atom. The second kappa shape index (κ2) is 7.39. The van der Waals surface area contributed by atoms with Gasteiger partial charge in [0.25, 0.3) is 11.1 Å². The molecular weight excluding hydrogens is 366 g/mol. The van der Waals surface area contributed by atoms with Gasteiger partial charge in [0.1, 0.15) is 0 Å². The fraction of sp³-hybridized carbons (Fsp3) is 0.174. The van der Waals surface area contributed by atoms with Crippen LogP contribution in [0.4, 0.5) is 5.69 Å². The van der Waals surface area contributed by atoms with E-state index in [1.54, 1.807) is 19.1 Å². The summed E-state index contributed by atoms with van der Waals surface area (Å²) in [6.07, 6.45) is 0.525. The molecule has 2 aromatic heterocycles. The Balaban J connectivity index is 1.48. The van der Waals surface area contributed by atoms with Crippen LogP contribution in [0.3, 0.4) is 0 Å². The van der Waals surface area contributed by atoms with Gasteiger partial charge in [-0.1, -0.05) is 18.2 Å². The molecule has 6 heteroatoms. The lowest BCUT2D eigenvalue weighted by Gasteiger charge is -2.08. The minimum absolute atomic E-state index is 0.147. The monoisotopic (exact) mass is 387 g/mol. The molecule has 4 aromatic rings. The van der Waals surface area contributed by atoms with Crippen molar-refractivity contribution in [2.45, 2.75) is 26.7 Å². The molecule has 0 aliphatic rings. The average Bonchev–Trinajstić information content (AvgIpc) is 2.67. The van der Waals surface area contributed by atoms with Crippen LogP contribution in [-0.2, 0) is 11.2 Å². The van der Waals surface area contributed by atoms with Crippen molar-refractivity contribution in [2.24, 2.45) is 0 Å². The zero-order valence-corrected chi connectivity index (χ0v) is 16.3. The molecule has 0 bridgehead atoms. The summed E-state index contributed by atoms with van der Waals surface area (Å²) in [4.78, 5) is 42.1. The maximum atomic E-state index is 12.4. The number of carbonyl (C=O) groups is 1. The fourth-order valence-electron chi connectivity index (χ4n) is 3.41. The van der Waals surface area contributed by atoms with Crippen molar-refractivity contribution in [1.29, 1.82) is 0 Å². The highest BCUT2D eigenvalue weighted by Gasteiger charge is 2.08. The van der Waals surface area contributed by atoms with E-state index in [-0.39, 0.29) is 23.4 Å². The van der Waals surface area contributed by atoms with Crippen LogP contribution in [0.15, 0.2) is 58.1 Å². The van der Waals surface area contributed by atoms with Crippen molar-refractivity contribution >= 4 is 33.4 Å². The third-order valence-electron chi connectivity index (χ3n) is 5.02. The van der Waals surface area contributed by atoms with Crippen molar-refractivity contribution in [3.63, 3.8) is 0 Å². The standard InChI is InChI=1S/C23H21N3O3/c1-13-3-4-16-11-17(23(29)26-19(16)9-13)6-8-21(27)24-18-7-5-15-10-14(2)22(28)25-20(15)12-18/h3-5,7,9-12H,6,8H2,1-2H3,(H,24,27)(H,25,28)(H,26,29). The second-order valence-electron chi connectivity index (χ2n) is 7.35. The molecule has 0 saturated carbocycles. The first-order valence-corrected chi connectivity index (χ1v) is 9.45. The maximum absolute atomic E-state index is 12.4. The lowest BCUT2D eigenvalue weighted by molar-refractivity contribution is -0.116. The average molecular weight is 387 g/mol. The number of nitrogens with one attached hydrogen (secondary N) is 3. The van der Waals surface area contributed by atoms with Gasteiger partial charge in [0.15, 0.2) is 0 Å². The van der Waals surface area contributed by atoms with Crippen LogP contribution in [0, 0.1) is 13.8 Å². The number of benzene rings is 2. The van der Waals surface area contributed by atoms with Gasteiger partial charge in [0.05, 0.1) is 5.52 Å². The fourth-order valence-corrected chi connectivity index (χ4v) is 3.41. The van der Waals surface area contributed by atoms with Gasteiger partial charge < -0.3 is 15.3 Å². The molecule has 0 fully saturated rings. The molecular formula is C23H21N3O3. The first-order chi connectivity index (χ1) is 13.9. The number of hydrogen-bond acceptors (Lipinski definition) is 3. The number of anilines is 1. The molecule has 3 N–H and O–H groups in total. The first kappa shape index (κ1) is 18.7. The van der Waals surface area contributed by atoms with Crippen molar-refractivity contribution in [3.05, 3.63) is 85.9 Å². The Hall–Kier alpha value is -3.67. The largest absolute Gasteiger partial charge is 0.326 e. The van der Waals surface area contributed by atoms with Crippen LogP contribution < -0.4 is 16.4 Å². The van der Waals surface area contributed by atoms with Crippen molar-refractivity contribution < 1.29 is 4.79 Å². The molecule has 0 aliphatic carbocycles. The number of carbonyl (C=O) groups excluding carboxylic acids is 1. The zero-order valence-electron chi connectivity index (χ0n) is 16.3. The number of H-pyrrole nitrogens is 2. The summed E-state index contributed by atoms with van der Waals surface area (Å²) < 4.78 is 0. The summed E-state index contributed by atoms with van der Waals surface area (Å²) in [7, 11) is 0. The summed E-state index contributed by atoms with van der Waals surface area (Å²) in [6.45, 7) is 3.73. The molecule has 0 unspecified atom stereocenters. The van der Waals surface area contributed by atoms with E-state index >= 15 is 0 Å². The maximum Gasteiger partial charge on any atom is 0.251 e. The van der Waals surface area contributed by atoms with Crippen molar-refractivity contribution in [1.82, 2.24) is 9.97 Å². The lowest BCUT2D eigenvalue weighted by Crippen LogP contribution is -2.17. The van der Waals surface area contributed by atoms with Gasteiger partial charge in [-0.05, 0) is 66.9 Å². The van der Waals surface area contributed by atoms with Gasteiger partial charge >= 0.3 is 0 Å². The Kier molecular flexibility index (Phi) is 4.76. The van der Waals surface area contributed by atoms with Crippen LogP contribution in [-0.4, -0.2) is 15.9 Å². The van der Waals surface area contributed by atoms with Gasteiger partial charge in [-0.25, -0.2) is 0 Å². The second-order valence-corrected chi connectivity index (χ2v) is 7.35. The summed E-state index contributed by atoms with van der Waals surface area (Å²) in [5.74, 6) is -0.192.